The Balaban J connectivity index is 2.19. The van der Waals surface area contributed by atoms with Crippen LogP contribution in [0.15, 0.2) is 41.4 Å². The largest absolute Gasteiger partial charge is 0.256 e. The summed E-state index contributed by atoms with van der Waals surface area (Å²) in [6.07, 6.45) is 3.14. The summed E-state index contributed by atoms with van der Waals surface area (Å²) in [5.74, 6) is 0. The van der Waals surface area contributed by atoms with Crippen molar-refractivity contribution in [2.24, 2.45) is 0 Å². The molecule has 20 heavy (non-hydrogen) atoms. The predicted molar refractivity (Wildman–Crippen MR) is 81.5 cm³/mol. The highest BCUT2D eigenvalue weighted by Crippen LogP contribution is 2.20. The molecule has 0 spiro atoms. The van der Waals surface area contributed by atoms with E-state index in [0.29, 0.717) is 23.9 Å². The van der Waals surface area contributed by atoms with Crippen LogP contribution in [-0.4, -0.2) is 25.3 Å². The Kier molecular flexibility index (Phi) is 4.96. The fraction of sp³-hybridized carbons (Fsp3) is 0.357. The zero-order valence-electron chi connectivity index (χ0n) is 11.2. The van der Waals surface area contributed by atoms with Crippen LogP contribution in [0.2, 0.25) is 0 Å². The fourth-order valence-corrected chi connectivity index (χ4v) is 3.42. The Bertz CT molecular complexity index is 681. The van der Waals surface area contributed by atoms with Gasteiger partial charge in [-0.05, 0) is 44.0 Å². The summed E-state index contributed by atoms with van der Waals surface area (Å²) in [7, 11) is -3.52. The number of hydrogen-bond donors (Lipinski definition) is 1. The lowest BCUT2D eigenvalue weighted by Crippen LogP contribution is -2.25. The van der Waals surface area contributed by atoms with E-state index in [2.05, 4.69) is 9.71 Å². The molecule has 2 rings (SSSR count). The molecule has 0 bridgehead atoms. The van der Waals surface area contributed by atoms with Crippen molar-refractivity contribution in [3.63, 3.8) is 0 Å². The van der Waals surface area contributed by atoms with Crippen molar-refractivity contribution >= 4 is 32.5 Å². The molecule has 108 valence electrons. The van der Waals surface area contributed by atoms with Crippen molar-refractivity contribution in [2.45, 2.75) is 30.0 Å². The number of nitrogens with one attached hydrogen (secondary N) is 1. The maximum absolute atomic E-state index is 12.3. The molecule has 1 aromatic carbocycles. The Morgan fingerprint density at radius 1 is 1.30 bits per heavy atom. The van der Waals surface area contributed by atoms with E-state index in [1.807, 2.05) is 6.92 Å². The first kappa shape index (κ1) is 15.2. The molecule has 0 aliphatic heterocycles. The summed E-state index contributed by atoms with van der Waals surface area (Å²) in [6, 6.07) is 8.58. The van der Waals surface area contributed by atoms with Crippen LogP contribution >= 0.6 is 11.6 Å². The molecule has 0 aliphatic carbocycles. The molecular weight excluding hydrogens is 296 g/mol. The van der Waals surface area contributed by atoms with Gasteiger partial charge >= 0.3 is 0 Å². The summed E-state index contributed by atoms with van der Waals surface area (Å²) < 4.78 is 27.2. The van der Waals surface area contributed by atoms with E-state index in [9.17, 15) is 8.42 Å². The topological polar surface area (TPSA) is 59.1 Å². The van der Waals surface area contributed by atoms with Gasteiger partial charge in [-0.15, -0.1) is 11.6 Å². The van der Waals surface area contributed by atoms with Crippen molar-refractivity contribution in [3.8, 4) is 0 Å². The summed E-state index contributed by atoms with van der Waals surface area (Å²) in [4.78, 5) is 4.43. The van der Waals surface area contributed by atoms with Gasteiger partial charge in [0.25, 0.3) is 0 Å². The number of fused-ring (bicyclic) bond motifs is 1. The summed E-state index contributed by atoms with van der Waals surface area (Å²) in [5, 5.41) is 0.689. The molecule has 0 radical (unpaired) electrons. The molecule has 1 aromatic heterocycles. The molecule has 0 saturated carbocycles. The minimum atomic E-state index is -3.52. The fourth-order valence-electron chi connectivity index (χ4n) is 1.98. The average Bonchev–Trinajstić information content (AvgIpc) is 2.43. The lowest BCUT2D eigenvalue weighted by Gasteiger charge is -2.09. The lowest BCUT2D eigenvalue weighted by atomic mass is 10.2. The average molecular weight is 313 g/mol. The first-order chi connectivity index (χ1) is 9.50. The molecule has 1 unspecified atom stereocenters. The van der Waals surface area contributed by atoms with E-state index >= 15 is 0 Å². The Morgan fingerprint density at radius 2 is 2.10 bits per heavy atom. The number of sulfonamides is 1. The first-order valence-electron chi connectivity index (χ1n) is 6.48. The van der Waals surface area contributed by atoms with E-state index in [0.717, 1.165) is 6.42 Å². The number of hydrogen-bond acceptors (Lipinski definition) is 3. The highest BCUT2D eigenvalue weighted by atomic mass is 35.5. The SMILES string of the molecule is CC(Cl)CCCNS(=O)(=O)c1cccc2ncccc12. The third kappa shape index (κ3) is 3.69. The molecule has 2 aromatic rings. The van der Waals surface area contributed by atoms with Crippen LogP contribution in [0.1, 0.15) is 19.8 Å². The third-order valence-corrected chi connectivity index (χ3v) is 4.70. The Labute approximate surface area is 124 Å². The van der Waals surface area contributed by atoms with Crippen LogP contribution in [0, 0.1) is 0 Å². The van der Waals surface area contributed by atoms with Crippen LogP contribution in [0.4, 0.5) is 0 Å². The molecular formula is C14H17ClN2O2S. The van der Waals surface area contributed by atoms with Crippen molar-refractivity contribution in [2.75, 3.05) is 6.54 Å². The van der Waals surface area contributed by atoms with Crippen molar-refractivity contribution < 1.29 is 8.42 Å². The van der Waals surface area contributed by atoms with E-state index in [-0.39, 0.29) is 10.3 Å². The Hall–Kier alpha value is -1.17. The van der Waals surface area contributed by atoms with E-state index in [1.165, 1.54) is 0 Å². The van der Waals surface area contributed by atoms with Crippen LogP contribution in [-0.2, 0) is 10.0 Å². The second-order valence-electron chi connectivity index (χ2n) is 4.65. The zero-order valence-corrected chi connectivity index (χ0v) is 12.8. The van der Waals surface area contributed by atoms with E-state index in [1.54, 1.807) is 36.5 Å². The maximum atomic E-state index is 12.3. The van der Waals surface area contributed by atoms with Gasteiger partial charge in [0.2, 0.25) is 10.0 Å². The van der Waals surface area contributed by atoms with Crippen LogP contribution in [0.3, 0.4) is 0 Å². The molecule has 4 nitrogen and oxygen atoms in total. The lowest BCUT2D eigenvalue weighted by molar-refractivity contribution is 0.577. The standard InChI is InChI=1S/C14H17ClN2O2S/c1-11(15)5-3-10-17-20(18,19)14-8-2-7-13-12(14)6-4-9-16-13/h2,4,6-9,11,17H,3,5,10H2,1H3. The smallest absolute Gasteiger partial charge is 0.241 e. The molecule has 0 saturated heterocycles. The number of benzene rings is 1. The quantitative estimate of drug-likeness (QED) is 0.659. The number of halogens is 1. The van der Waals surface area contributed by atoms with Crippen molar-refractivity contribution in [1.82, 2.24) is 9.71 Å². The maximum Gasteiger partial charge on any atom is 0.241 e. The number of rotatable bonds is 6. The highest BCUT2D eigenvalue weighted by molar-refractivity contribution is 7.89. The van der Waals surface area contributed by atoms with Crippen molar-refractivity contribution in [3.05, 3.63) is 36.5 Å². The monoisotopic (exact) mass is 312 g/mol. The summed E-state index contributed by atoms with van der Waals surface area (Å²) in [6.45, 7) is 2.28. The summed E-state index contributed by atoms with van der Waals surface area (Å²) in [5.41, 5.74) is 0.671. The molecule has 0 aliphatic rings. The second kappa shape index (κ2) is 6.52. The van der Waals surface area contributed by atoms with Gasteiger partial charge in [0.15, 0.2) is 0 Å². The first-order valence-corrected chi connectivity index (χ1v) is 8.40. The van der Waals surface area contributed by atoms with Gasteiger partial charge in [-0.1, -0.05) is 6.07 Å². The number of nitrogens with zero attached hydrogens (tertiary/aromatic N) is 1. The molecule has 0 amide bonds. The van der Waals surface area contributed by atoms with Crippen molar-refractivity contribution in [1.29, 1.82) is 0 Å². The van der Waals surface area contributed by atoms with Gasteiger partial charge in [-0.25, -0.2) is 13.1 Å². The van der Waals surface area contributed by atoms with E-state index in [4.69, 9.17) is 11.6 Å². The zero-order chi connectivity index (χ0) is 14.6. The minimum absolute atomic E-state index is 0.0567. The molecule has 6 heteroatoms. The molecule has 1 N–H and O–H groups in total. The third-order valence-electron chi connectivity index (χ3n) is 2.97. The van der Waals surface area contributed by atoms with Crippen LogP contribution < -0.4 is 4.72 Å². The molecule has 1 atom stereocenters. The molecule has 1 heterocycles. The van der Waals surface area contributed by atoms with Crippen LogP contribution in [0.25, 0.3) is 10.9 Å². The van der Waals surface area contributed by atoms with Crippen LogP contribution in [0.5, 0.6) is 0 Å². The van der Waals surface area contributed by atoms with Gasteiger partial charge in [0, 0.05) is 23.5 Å². The number of pyridine rings is 1. The van der Waals surface area contributed by atoms with Gasteiger partial charge in [-0.3, -0.25) is 4.98 Å². The Morgan fingerprint density at radius 3 is 2.85 bits per heavy atom. The second-order valence-corrected chi connectivity index (χ2v) is 7.13. The number of aromatic nitrogens is 1. The van der Waals surface area contributed by atoms with Gasteiger partial charge < -0.3 is 0 Å². The normalized spacial score (nSPS) is 13.5. The van der Waals surface area contributed by atoms with Gasteiger partial charge in [0.05, 0.1) is 10.4 Å². The highest BCUT2D eigenvalue weighted by Gasteiger charge is 2.16. The van der Waals surface area contributed by atoms with Gasteiger partial charge in [-0.2, -0.15) is 0 Å². The number of alkyl halides is 1. The summed E-state index contributed by atoms with van der Waals surface area (Å²) >= 11 is 5.84. The minimum Gasteiger partial charge on any atom is -0.256 e. The van der Waals surface area contributed by atoms with Gasteiger partial charge in [0.1, 0.15) is 0 Å². The van der Waals surface area contributed by atoms with E-state index < -0.39 is 10.0 Å². The molecule has 0 fully saturated rings. The predicted octanol–water partition coefficient (Wildman–Crippen LogP) is 2.92.